The van der Waals surface area contributed by atoms with Crippen molar-refractivity contribution in [2.24, 2.45) is 5.10 Å². The predicted molar refractivity (Wildman–Crippen MR) is 142 cm³/mol. The number of hydrogen-bond donors (Lipinski definition) is 2. The number of esters is 1. The lowest BCUT2D eigenvalue weighted by Crippen LogP contribution is -2.35. The smallest absolute Gasteiger partial charge is 0.343 e. The van der Waals surface area contributed by atoms with E-state index >= 15 is 0 Å². The molecule has 0 saturated carbocycles. The van der Waals surface area contributed by atoms with Crippen LogP contribution in [-0.2, 0) is 4.79 Å². The molecule has 0 unspecified atom stereocenters. The molecule has 4 aromatic carbocycles. The zero-order valence-corrected chi connectivity index (χ0v) is 20.9. The van der Waals surface area contributed by atoms with Gasteiger partial charge in [0.25, 0.3) is 11.8 Å². The molecule has 0 aliphatic carbocycles. The minimum Gasteiger partial charge on any atom is -0.422 e. The molecule has 8 heteroatoms. The van der Waals surface area contributed by atoms with Crippen molar-refractivity contribution >= 4 is 50.7 Å². The predicted octanol–water partition coefficient (Wildman–Crippen LogP) is 5.01. The summed E-state index contributed by atoms with van der Waals surface area (Å²) in [7, 11) is 0. The van der Waals surface area contributed by atoms with Crippen LogP contribution in [0.25, 0.3) is 10.8 Å². The maximum atomic E-state index is 12.6. The highest BCUT2D eigenvalue weighted by atomic mass is 79.9. The van der Waals surface area contributed by atoms with Crippen LogP contribution in [0.1, 0.15) is 31.8 Å². The largest absolute Gasteiger partial charge is 0.422 e. The SMILES string of the molecule is Cc1cccc(C(=O)Oc2ccc(Br)cc2C=NNC(=O)CNC(=O)c2cccc3ccccc23)c1. The Balaban J connectivity index is 1.37. The highest BCUT2D eigenvalue weighted by Crippen LogP contribution is 2.23. The normalized spacial score (nSPS) is 10.8. The van der Waals surface area contributed by atoms with Crippen molar-refractivity contribution in [1.82, 2.24) is 10.7 Å². The molecule has 0 aromatic heterocycles. The van der Waals surface area contributed by atoms with Gasteiger partial charge in [-0.25, -0.2) is 10.2 Å². The van der Waals surface area contributed by atoms with Gasteiger partial charge in [-0.3, -0.25) is 9.59 Å². The lowest BCUT2D eigenvalue weighted by atomic mass is 10.0. The maximum Gasteiger partial charge on any atom is 0.343 e. The minimum atomic E-state index is -0.506. The highest BCUT2D eigenvalue weighted by Gasteiger charge is 2.13. The highest BCUT2D eigenvalue weighted by molar-refractivity contribution is 9.10. The zero-order chi connectivity index (χ0) is 25.5. The van der Waals surface area contributed by atoms with Gasteiger partial charge in [-0.05, 0) is 54.1 Å². The summed E-state index contributed by atoms with van der Waals surface area (Å²) in [4.78, 5) is 37.4. The Labute approximate surface area is 216 Å². The van der Waals surface area contributed by atoms with Gasteiger partial charge in [0.2, 0.25) is 0 Å². The van der Waals surface area contributed by atoms with Gasteiger partial charge in [0.15, 0.2) is 0 Å². The molecule has 2 amide bonds. The summed E-state index contributed by atoms with van der Waals surface area (Å²) in [5, 5.41) is 8.30. The quantitative estimate of drug-likeness (QED) is 0.148. The fraction of sp³-hybridized carbons (Fsp3) is 0.0714. The van der Waals surface area contributed by atoms with Gasteiger partial charge >= 0.3 is 5.97 Å². The molecular formula is C28H22BrN3O4. The number of hydrogen-bond acceptors (Lipinski definition) is 5. The van der Waals surface area contributed by atoms with Gasteiger partial charge < -0.3 is 10.1 Å². The number of hydrazone groups is 1. The second-order valence-electron chi connectivity index (χ2n) is 7.94. The topological polar surface area (TPSA) is 96.9 Å². The Morgan fingerprint density at radius 3 is 2.56 bits per heavy atom. The van der Waals surface area contributed by atoms with E-state index in [1.165, 1.54) is 6.21 Å². The zero-order valence-electron chi connectivity index (χ0n) is 19.3. The first-order valence-corrected chi connectivity index (χ1v) is 11.9. The third-order valence-corrected chi connectivity index (χ3v) is 5.76. The maximum absolute atomic E-state index is 12.6. The summed E-state index contributed by atoms with van der Waals surface area (Å²) in [5.74, 6) is -1.08. The Hall–Kier alpha value is -4.30. The van der Waals surface area contributed by atoms with Crippen molar-refractivity contribution in [1.29, 1.82) is 0 Å². The molecule has 0 bridgehead atoms. The molecule has 7 nitrogen and oxygen atoms in total. The molecule has 0 radical (unpaired) electrons. The van der Waals surface area contributed by atoms with Crippen LogP contribution in [0.5, 0.6) is 5.75 Å². The number of nitrogens with one attached hydrogen (secondary N) is 2. The Kier molecular flexibility index (Phi) is 7.87. The number of amides is 2. The number of benzene rings is 4. The van der Waals surface area contributed by atoms with Gasteiger partial charge in [0.1, 0.15) is 5.75 Å². The fourth-order valence-corrected chi connectivity index (χ4v) is 3.92. The number of nitrogens with zero attached hydrogens (tertiary/aromatic N) is 1. The van der Waals surface area contributed by atoms with E-state index in [2.05, 4.69) is 31.8 Å². The van der Waals surface area contributed by atoms with Gasteiger partial charge in [-0.1, -0.05) is 70.0 Å². The van der Waals surface area contributed by atoms with Crippen molar-refractivity contribution in [3.05, 3.63) is 112 Å². The lowest BCUT2D eigenvalue weighted by molar-refractivity contribution is -0.120. The van der Waals surface area contributed by atoms with Crippen molar-refractivity contribution in [3.63, 3.8) is 0 Å². The molecule has 36 heavy (non-hydrogen) atoms. The molecule has 0 aliphatic heterocycles. The van der Waals surface area contributed by atoms with E-state index in [9.17, 15) is 14.4 Å². The first-order valence-electron chi connectivity index (χ1n) is 11.1. The summed E-state index contributed by atoms with van der Waals surface area (Å²) in [6.07, 6.45) is 1.37. The number of ether oxygens (including phenoxy) is 1. The Morgan fingerprint density at radius 2 is 1.72 bits per heavy atom. The Morgan fingerprint density at radius 1 is 0.944 bits per heavy atom. The summed E-state index contributed by atoms with van der Waals surface area (Å²) in [6.45, 7) is 1.63. The molecular weight excluding hydrogens is 522 g/mol. The molecule has 0 saturated heterocycles. The van der Waals surface area contributed by atoms with E-state index in [-0.39, 0.29) is 18.2 Å². The van der Waals surface area contributed by atoms with Crippen LogP contribution in [0.2, 0.25) is 0 Å². The molecule has 0 atom stereocenters. The second-order valence-corrected chi connectivity index (χ2v) is 8.86. The monoisotopic (exact) mass is 543 g/mol. The standard InChI is InChI=1S/C28H22BrN3O4/c1-18-6-4-9-20(14-18)28(35)36-25-13-12-22(29)15-21(25)16-31-32-26(33)17-30-27(34)24-11-5-8-19-7-2-3-10-23(19)24/h2-16H,17H2,1H3,(H,30,34)(H,32,33). The molecule has 2 N–H and O–H groups in total. The number of carbonyl (C=O) groups is 3. The Bertz CT molecular complexity index is 1480. The molecule has 4 rings (SSSR count). The first-order chi connectivity index (χ1) is 17.4. The van der Waals surface area contributed by atoms with E-state index in [1.807, 2.05) is 43.3 Å². The van der Waals surface area contributed by atoms with Crippen LogP contribution in [0, 0.1) is 6.92 Å². The third-order valence-electron chi connectivity index (χ3n) is 5.26. The number of rotatable bonds is 7. The van der Waals surface area contributed by atoms with Crippen LogP contribution in [-0.4, -0.2) is 30.5 Å². The summed E-state index contributed by atoms with van der Waals surface area (Å²) < 4.78 is 6.28. The second kappa shape index (κ2) is 11.4. The average Bonchev–Trinajstić information content (AvgIpc) is 2.88. The first kappa shape index (κ1) is 24.8. The van der Waals surface area contributed by atoms with Crippen LogP contribution >= 0.6 is 15.9 Å². The van der Waals surface area contributed by atoms with Crippen molar-refractivity contribution < 1.29 is 19.1 Å². The van der Waals surface area contributed by atoms with E-state index in [4.69, 9.17) is 4.74 Å². The van der Waals surface area contributed by atoms with Crippen LogP contribution in [0.3, 0.4) is 0 Å². The van der Waals surface area contributed by atoms with Gasteiger partial charge in [-0.2, -0.15) is 5.10 Å². The van der Waals surface area contributed by atoms with Gasteiger partial charge in [0, 0.05) is 15.6 Å². The van der Waals surface area contributed by atoms with Crippen molar-refractivity contribution in [3.8, 4) is 5.75 Å². The molecule has 0 spiro atoms. The molecule has 0 aliphatic rings. The summed E-state index contributed by atoms with van der Waals surface area (Å²) in [6, 6.07) is 25.1. The number of halogens is 1. The van der Waals surface area contributed by atoms with E-state index in [0.29, 0.717) is 16.7 Å². The van der Waals surface area contributed by atoms with E-state index in [1.54, 1.807) is 48.5 Å². The summed E-state index contributed by atoms with van der Waals surface area (Å²) >= 11 is 3.38. The number of aryl methyl sites for hydroxylation is 1. The molecule has 0 heterocycles. The van der Waals surface area contributed by atoms with Crippen molar-refractivity contribution in [2.45, 2.75) is 6.92 Å². The molecule has 0 fully saturated rings. The number of fused-ring (bicyclic) bond motifs is 1. The summed E-state index contributed by atoms with van der Waals surface area (Å²) in [5.41, 5.74) is 4.71. The van der Waals surface area contributed by atoms with Crippen LogP contribution in [0.15, 0.2) is 94.5 Å². The lowest BCUT2D eigenvalue weighted by Gasteiger charge is -2.09. The van der Waals surface area contributed by atoms with E-state index < -0.39 is 11.9 Å². The molecule has 180 valence electrons. The third kappa shape index (κ3) is 6.22. The van der Waals surface area contributed by atoms with Crippen LogP contribution < -0.4 is 15.5 Å². The van der Waals surface area contributed by atoms with E-state index in [0.717, 1.165) is 20.8 Å². The average molecular weight is 544 g/mol. The molecule has 4 aromatic rings. The van der Waals surface area contributed by atoms with Crippen LogP contribution in [0.4, 0.5) is 0 Å². The minimum absolute atomic E-state index is 0.257. The fourth-order valence-electron chi connectivity index (χ4n) is 3.54. The van der Waals surface area contributed by atoms with Gasteiger partial charge in [-0.15, -0.1) is 0 Å². The van der Waals surface area contributed by atoms with Gasteiger partial charge in [0.05, 0.1) is 18.3 Å². The van der Waals surface area contributed by atoms with Crippen molar-refractivity contribution in [2.75, 3.05) is 6.54 Å². The number of carbonyl (C=O) groups excluding carboxylic acids is 3.